The minimum absolute atomic E-state index is 0.0399. The van der Waals surface area contributed by atoms with E-state index in [-0.39, 0.29) is 10.6 Å². The van der Waals surface area contributed by atoms with Crippen molar-refractivity contribution in [3.8, 4) is 5.69 Å². The van der Waals surface area contributed by atoms with Crippen molar-refractivity contribution in [1.29, 1.82) is 0 Å². The second-order valence-corrected chi connectivity index (χ2v) is 5.98. The summed E-state index contributed by atoms with van der Waals surface area (Å²) in [6.45, 7) is 1.81. The Kier molecular flexibility index (Phi) is 4.55. The fourth-order valence-electron chi connectivity index (χ4n) is 2.25. The Morgan fingerprint density at radius 2 is 1.96 bits per heavy atom. The molecule has 3 rings (SSSR count). The third-order valence-corrected chi connectivity index (χ3v) is 3.85. The van der Waals surface area contributed by atoms with Crippen LogP contribution in [-0.4, -0.2) is 15.7 Å². The molecule has 0 atom stereocenters. The smallest absolute Gasteiger partial charge is 0.258 e. The zero-order valence-electron chi connectivity index (χ0n) is 12.6. The number of nitrogens with zero attached hydrogens (tertiary/aromatic N) is 2. The lowest BCUT2D eigenvalue weighted by Gasteiger charge is -2.10. The van der Waals surface area contributed by atoms with Gasteiger partial charge in [-0.25, -0.2) is 9.07 Å². The summed E-state index contributed by atoms with van der Waals surface area (Å²) in [6, 6.07) is 12.4. The summed E-state index contributed by atoms with van der Waals surface area (Å²) in [5, 5.41) is 7.69. The number of aryl methyl sites for hydroxylation is 1. The molecule has 0 aliphatic heterocycles. The number of aromatic nitrogens is 2. The summed E-state index contributed by atoms with van der Waals surface area (Å²) < 4.78 is 14.7. The summed E-state index contributed by atoms with van der Waals surface area (Å²) in [5.41, 5.74) is 1.60. The van der Waals surface area contributed by atoms with E-state index in [9.17, 15) is 9.18 Å². The molecule has 0 unspecified atom stereocenters. The van der Waals surface area contributed by atoms with Gasteiger partial charge in [0.1, 0.15) is 11.6 Å². The van der Waals surface area contributed by atoms with Crippen LogP contribution in [0.15, 0.2) is 48.5 Å². The van der Waals surface area contributed by atoms with Crippen LogP contribution in [0, 0.1) is 12.7 Å². The van der Waals surface area contributed by atoms with Gasteiger partial charge in [-0.3, -0.25) is 4.79 Å². The molecule has 0 fully saturated rings. The number of carbonyl (C=O) groups is 1. The van der Waals surface area contributed by atoms with Gasteiger partial charge in [0.25, 0.3) is 5.91 Å². The normalized spacial score (nSPS) is 10.7. The monoisotopic (exact) mass is 363 g/mol. The summed E-state index contributed by atoms with van der Waals surface area (Å²) in [7, 11) is 0. The van der Waals surface area contributed by atoms with Crippen molar-refractivity contribution < 1.29 is 9.18 Å². The predicted octanol–water partition coefficient (Wildman–Crippen LogP) is 4.88. The summed E-state index contributed by atoms with van der Waals surface area (Å²) in [4.78, 5) is 12.4. The van der Waals surface area contributed by atoms with Crippen LogP contribution in [-0.2, 0) is 0 Å². The highest BCUT2D eigenvalue weighted by Crippen LogP contribution is 2.22. The highest BCUT2D eigenvalue weighted by Gasteiger charge is 2.15. The van der Waals surface area contributed by atoms with E-state index >= 15 is 0 Å². The van der Waals surface area contributed by atoms with Gasteiger partial charge in [0.15, 0.2) is 0 Å². The van der Waals surface area contributed by atoms with Gasteiger partial charge >= 0.3 is 0 Å². The number of benzene rings is 2. The number of hydrogen-bond donors (Lipinski definition) is 1. The molecule has 24 heavy (non-hydrogen) atoms. The average molecular weight is 364 g/mol. The van der Waals surface area contributed by atoms with Crippen LogP contribution >= 0.6 is 23.2 Å². The molecule has 3 aromatic rings. The lowest BCUT2D eigenvalue weighted by Crippen LogP contribution is -2.15. The average Bonchev–Trinajstić information content (AvgIpc) is 2.87. The molecule has 0 saturated carbocycles. The number of nitrogens with one attached hydrogen (secondary N) is 1. The number of anilines is 1. The molecule has 0 aliphatic carbocycles. The van der Waals surface area contributed by atoms with Crippen molar-refractivity contribution in [2.24, 2.45) is 0 Å². The topological polar surface area (TPSA) is 46.9 Å². The minimum atomic E-state index is -0.503. The molecule has 2 aromatic carbocycles. The molecular weight excluding hydrogens is 352 g/mol. The first-order valence-corrected chi connectivity index (χ1v) is 7.78. The maximum Gasteiger partial charge on any atom is 0.258 e. The van der Waals surface area contributed by atoms with Gasteiger partial charge < -0.3 is 5.32 Å². The number of rotatable bonds is 3. The predicted molar refractivity (Wildman–Crippen MR) is 92.7 cm³/mol. The standard InChI is InChI=1S/C17H12Cl2FN3O/c1-10-7-16(23(22-10)13-4-2-3-11(18)8-13)21-17(24)14-6-5-12(20)9-15(14)19/h2-9H,1H3,(H,21,24). The van der Waals surface area contributed by atoms with Crippen molar-refractivity contribution in [2.45, 2.75) is 6.92 Å². The lowest BCUT2D eigenvalue weighted by atomic mass is 10.2. The number of amides is 1. The van der Waals surface area contributed by atoms with E-state index in [1.165, 1.54) is 12.1 Å². The Balaban J connectivity index is 1.94. The van der Waals surface area contributed by atoms with Gasteiger partial charge in [0.2, 0.25) is 0 Å². The number of carbonyl (C=O) groups excluding carboxylic acids is 1. The van der Waals surface area contributed by atoms with Crippen LogP contribution in [0.1, 0.15) is 16.1 Å². The highest BCUT2D eigenvalue weighted by molar-refractivity contribution is 6.34. The van der Waals surface area contributed by atoms with Crippen molar-refractivity contribution in [3.05, 3.63) is 75.7 Å². The zero-order chi connectivity index (χ0) is 17.3. The first kappa shape index (κ1) is 16.5. The van der Waals surface area contributed by atoms with Crippen molar-refractivity contribution in [1.82, 2.24) is 9.78 Å². The summed E-state index contributed by atoms with van der Waals surface area (Å²) in [5.74, 6) is -0.500. The van der Waals surface area contributed by atoms with Crippen LogP contribution in [0.5, 0.6) is 0 Å². The van der Waals surface area contributed by atoms with Gasteiger partial charge in [0.05, 0.1) is 22.0 Å². The van der Waals surface area contributed by atoms with Crippen molar-refractivity contribution >= 4 is 34.9 Å². The second-order valence-electron chi connectivity index (χ2n) is 5.14. The van der Waals surface area contributed by atoms with Crippen molar-refractivity contribution in [3.63, 3.8) is 0 Å². The Bertz CT molecular complexity index is 924. The summed E-state index contributed by atoms with van der Waals surface area (Å²) >= 11 is 11.9. The van der Waals surface area contributed by atoms with Crippen LogP contribution < -0.4 is 5.32 Å². The Labute approximate surface area is 147 Å². The molecule has 1 N–H and O–H groups in total. The third kappa shape index (κ3) is 3.42. The first-order chi connectivity index (χ1) is 11.4. The molecule has 122 valence electrons. The van der Waals surface area contributed by atoms with Crippen LogP contribution in [0.25, 0.3) is 5.69 Å². The van der Waals surface area contributed by atoms with Gasteiger partial charge in [-0.05, 0) is 43.3 Å². The summed E-state index contributed by atoms with van der Waals surface area (Å²) in [6.07, 6.45) is 0. The van der Waals surface area contributed by atoms with Crippen molar-refractivity contribution in [2.75, 3.05) is 5.32 Å². The van der Waals surface area contributed by atoms with E-state index < -0.39 is 11.7 Å². The number of hydrogen-bond acceptors (Lipinski definition) is 2. The fraction of sp³-hybridized carbons (Fsp3) is 0.0588. The lowest BCUT2D eigenvalue weighted by molar-refractivity contribution is 0.102. The Hall–Kier alpha value is -2.37. The van der Waals surface area contributed by atoms with E-state index in [0.717, 1.165) is 11.8 Å². The molecule has 1 heterocycles. The van der Waals surface area contributed by atoms with Gasteiger partial charge in [0, 0.05) is 11.1 Å². The minimum Gasteiger partial charge on any atom is -0.306 e. The molecule has 0 spiro atoms. The Morgan fingerprint density at radius 1 is 1.17 bits per heavy atom. The van der Waals surface area contributed by atoms with Gasteiger partial charge in [-0.2, -0.15) is 5.10 Å². The van der Waals surface area contributed by atoms with Crippen LogP contribution in [0.2, 0.25) is 10.0 Å². The molecule has 0 bridgehead atoms. The fourth-order valence-corrected chi connectivity index (χ4v) is 2.69. The molecule has 7 heteroatoms. The molecule has 0 aliphatic rings. The SMILES string of the molecule is Cc1cc(NC(=O)c2ccc(F)cc2Cl)n(-c2cccc(Cl)c2)n1. The third-order valence-electron chi connectivity index (χ3n) is 3.30. The van der Waals surface area contributed by atoms with Gasteiger partial charge in [-0.15, -0.1) is 0 Å². The second kappa shape index (κ2) is 6.63. The molecule has 0 saturated heterocycles. The quantitative estimate of drug-likeness (QED) is 0.720. The highest BCUT2D eigenvalue weighted by atomic mass is 35.5. The molecule has 4 nitrogen and oxygen atoms in total. The molecule has 0 radical (unpaired) electrons. The van der Waals surface area contributed by atoms with Crippen LogP contribution in [0.3, 0.4) is 0 Å². The molecule has 1 amide bonds. The molecule has 1 aromatic heterocycles. The van der Waals surface area contributed by atoms with E-state index in [4.69, 9.17) is 23.2 Å². The van der Waals surface area contributed by atoms with Crippen LogP contribution in [0.4, 0.5) is 10.2 Å². The first-order valence-electron chi connectivity index (χ1n) is 7.03. The number of halogens is 3. The molecular formula is C17H12Cl2FN3O. The van der Waals surface area contributed by atoms with Gasteiger partial charge in [-0.1, -0.05) is 29.3 Å². The largest absolute Gasteiger partial charge is 0.306 e. The maximum absolute atomic E-state index is 13.1. The van der Waals surface area contributed by atoms with E-state index in [1.807, 2.05) is 13.0 Å². The Morgan fingerprint density at radius 3 is 2.67 bits per heavy atom. The van der Waals surface area contributed by atoms with E-state index in [2.05, 4.69) is 10.4 Å². The maximum atomic E-state index is 13.1. The zero-order valence-corrected chi connectivity index (χ0v) is 14.1. The van der Waals surface area contributed by atoms with E-state index in [1.54, 1.807) is 28.9 Å². The van der Waals surface area contributed by atoms with E-state index in [0.29, 0.717) is 16.5 Å².